The van der Waals surface area contributed by atoms with Gasteiger partial charge in [-0.25, -0.2) is 0 Å². The van der Waals surface area contributed by atoms with Crippen LogP contribution in [-0.4, -0.2) is 25.5 Å². The molecule has 1 atom stereocenters. The van der Waals surface area contributed by atoms with Gasteiger partial charge in [0.1, 0.15) is 0 Å². The third kappa shape index (κ3) is 2.51. The average Bonchev–Trinajstić information content (AvgIpc) is 2.17. The van der Waals surface area contributed by atoms with Crippen molar-refractivity contribution in [2.45, 2.75) is 19.3 Å². The van der Waals surface area contributed by atoms with Crippen molar-refractivity contribution in [1.82, 2.24) is 4.90 Å². The fraction of sp³-hybridized carbons (Fsp3) is 0.538. The van der Waals surface area contributed by atoms with Gasteiger partial charge in [-0.2, -0.15) is 0 Å². The standard InChI is InChI=1S/C13H20N2/c1-15(2)9-10-3-4-12-8-13(14)6-5-11(12)7-10/h5-6,8,10H,3-4,7,9,14H2,1-2H3/t10-/m1/s1. The summed E-state index contributed by atoms with van der Waals surface area (Å²) < 4.78 is 0. The minimum atomic E-state index is 0.816. The molecule has 1 aliphatic carbocycles. The summed E-state index contributed by atoms with van der Waals surface area (Å²) in [4.78, 5) is 2.28. The zero-order valence-electron chi connectivity index (χ0n) is 9.66. The van der Waals surface area contributed by atoms with E-state index >= 15 is 0 Å². The number of hydrogen-bond acceptors (Lipinski definition) is 2. The Hall–Kier alpha value is -1.02. The maximum atomic E-state index is 5.79. The van der Waals surface area contributed by atoms with E-state index in [2.05, 4.69) is 31.1 Å². The highest BCUT2D eigenvalue weighted by Crippen LogP contribution is 2.27. The zero-order chi connectivity index (χ0) is 10.8. The van der Waals surface area contributed by atoms with Gasteiger partial charge in [0.15, 0.2) is 0 Å². The van der Waals surface area contributed by atoms with Crippen molar-refractivity contribution in [3.63, 3.8) is 0 Å². The molecule has 2 rings (SSSR count). The van der Waals surface area contributed by atoms with Crippen molar-refractivity contribution in [2.24, 2.45) is 5.92 Å². The van der Waals surface area contributed by atoms with E-state index in [9.17, 15) is 0 Å². The average molecular weight is 204 g/mol. The molecule has 0 saturated carbocycles. The molecule has 2 nitrogen and oxygen atoms in total. The van der Waals surface area contributed by atoms with Crippen LogP contribution in [0.1, 0.15) is 17.5 Å². The lowest BCUT2D eigenvalue weighted by molar-refractivity contribution is 0.303. The van der Waals surface area contributed by atoms with Crippen molar-refractivity contribution in [3.8, 4) is 0 Å². The monoisotopic (exact) mass is 204 g/mol. The first-order valence-electron chi connectivity index (χ1n) is 5.67. The normalized spacial score (nSPS) is 20.3. The van der Waals surface area contributed by atoms with Gasteiger partial charge >= 0.3 is 0 Å². The predicted molar refractivity (Wildman–Crippen MR) is 64.9 cm³/mol. The summed E-state index contributed by atoms with van der Waals surface area (Å²) in [6, 6.07) is 6.37. The summed E-state index contributed by atoms with van der Waals surface area (Å²) in [5, 5.41) is 0. The molecule has 2 heteroatoms. The van der Waals surface area contributed by atoms with Gasteiger partial charge < -0.3 is 10.6 Å². The molecule has 1 aromatic carbocycles. The number of nitrogens with zero attached hydrogens (tertiary/aromatic N) is 1. The minimum Gasteiger partial charge on any atom is -0.399 e. The van der Waals surface area contributed by atoms with Gasteiger partial charge in [0.25, 0.3) is 0 Å². The second-order valence-electron chi connectivity index (χ2n) is 4.90. The Morgan fingerprint density at radius 3 is 2.87 bits per heavy atom. The smallest absolute Gasteiger partial charge is 0.0316 e. The van der Waals surface area contributed by atoms with Gasteiger partial charge in [-0.15, -0.1) is 0 Å². The molecule has 0 saturated heterocycles. The SMILES string of the molecule is CN(C)C[C@@H]1CCc2cc(N)ccc2C1. The number of nitrogens with two attached hydrogens (primary N) is 1. The molecule has 2 N–H and O–H groups in total. The first-order valence-corrected chi connectivity index (χ1v) is 5.67. The first-order chi connectivity index (χ1) is 7.15. The second-order valence-corrected chi connectivity index (χ2v) is 4.90. The number of hydrogen-bond donors (Lipinski definition) is 1. The van der Waals surface area contributed by atoms with Crippen LogP contribution in [0.15, 0.2) is 18.2 Å². The first kappa shape index (κ1) is 10.5. The Morgan fingerprint density at radius 2 is 2.13 bits per heavy atom. The van der Waals surface area contributed by atoms with E-state index < -0.39 is 0 Å². The number of benzene rings is 1. The van der Waals surface area contributed by atoms with Crippen molar-refractivity contribution in [2.75, 3.05) is 26.4 Å². The Bertz CT molecular complexity index is 344. The van der Waals surface area contributed by atoms with Gasteiger partial charge in [-0.05, 0) is 62.5 Å². The number of aryl methyl sites for hydroxylation is 1. The highest BCUT2D eigenvalue weighted by atomic mass is 15.1. The van der Waals surface area contributed by atoms with Crippen LogP contribution in [0.2, 0.25) is 0 Å². The fourth-order valence-corrected chi connectivity index (χ4v) is 2.52. The van der Waals surface area contributed by atoms with E-state index in [0.29, 0.717) is 0 Å². The number of rotatable bonds is 2. The molecule has 0 unspecified atom stereocenters. The molecule has 0 spiro atoms. The molecule has 0 aliphatic heterocycles. The molecule has 1 aromatic rings. The second kappa shape index (κ2) is 4.23. The molecular weight excluding hydrogens is 184 g/mol. The molecule has 0 radical (unpaired) electrons. The molecule has 15 heavy (non-hydrogen) atoms. The maximum Gasteiger partial charge on any atom is 0.0316 e. The van der Waals surface area contributed by atoms with E-state index in [1.165, 1.54) is 36.9 Å². The number of anilines is 1. The Balaban J connectivity index is 2.10. The lowest BCUT2D eigenvalue weighted by Gasteiger charge is -2.27. The lowest BCUT2D eigenvalue weighted by Crippen LogP contribution is -2.26. The van der Waals surface area contributed by atoms with Crippen molar-refractivity contribution in [1.29, 1.82) is 0 Å². The molecule has 0 heterocycles. The molecule has 0 fully saturated rings. The van der Waals surface area contributed by atoms with Crippen LogP contribution >= 0.6 is 0 Å². The van der Waals surface area contributed by atoms with E-state index in [1.807, 2.05) is 6.07 Å². The molecule has 0 aromatic heterocycles. The van der Waals surface area contributed by atoms with E-state index in [1.54, 1.807) is 0 Å². The summed E-state index contributed by atoms with van der Waals surface area (Å²) >= 11 is 0. The quantitative estimate of drug-likeness (QED) is 0.746. The van der Waals surface area contributed by atoms with Crippen LogP contribution in [0.5, 0.6) is 0 Å². The van der Waals surface area contributed by atoms with Crippen LogP contribution in [0.3, 0.4) is 0 Å². The van der Waals surface area contributed by atoms with Gasteiger partial charge in [0.2, 0.25) is 0 Å². The summed E-state index contributed by atoms with van der Waals surface area (Å²) in [6.45, 7) is 1.20. The van der Waals surface area contributed by atoms with Crippen molar-refractivity contribution in [3.05, 3.63) is 29.3 Å². The van der Waals surface area contributed by atoms with E-state index in [4.69, 9.17) is 5.73 Å². The molecule has 0 amide bonds. The van der Waals surface area contributed by atoms with Crippen LogP contribution < -0.4 is 5.73 Å². The third-order valence-electron chi connectivity index (χ3n) is 3.18. The Kier molecular flexibility index (Phi) is 2.96. The van der Waals surface area contributed by atoms with Gasteiger partial charge in [0, 0.05) is 12.2 Å². The van der Waals surface area contributed by atoms with Crippen molar-refractivity contribution >= 4 is 5.69 Å². The fourth-order valence-electron chi connectivity index (χ4n) is 2.52. The van der Waals surface area contributed by atoms with E-state index in [0.717, 1.165) is 11.6 Å². The Labute approximate surface area is 92.1 Å². The molecule has 1 aliphatic rings. The van der Waals surface area contributed by atoms with Gasteiger partial charge in [0.05, 0.1) is 0 Å². The third-order valence-corrected chi connectivity index (χ3v) is 3.18. The molecular formula is C13H20N2. The van der Waals surface area contributed by atoms with Crippen LogP contribution in [-0.2, 0) is 12.8 Å². The summed E-state index contributed by atoms with van der Waals surface area (Å²) in [5.74, 6) is 0.816. The van der Waals surface area contributed by atoms with Gasteiger partial charge in [-0.3, -0.25) is 0 Å². The number of nitrogen functional groups attached to an aromatic ring is 1. The summed E-state index contributed by atoms with van der Waals surface area (Å²) in [5.41, 5.74) is 9.66. The zero-order valence-corrected chi connectivity index (χ0v) is 9.66. The Morgan fingerprint density at radius 1 is 1.33 bits per heavy atom. The highest BCUT2D eigenvalue weighted by molar-refractivity contribution is 5.45. The maximum absolute atomic E-state index is 5.79. The van der Waals surface area contributed by atoms with E-state index in [-0.39, 0.29) is 0 Å². The highest BCUT2D eigenvalue weighted by Gasteiger charge is 2.18. The lowest BCUT2D eigenvalue weighted by atomic mass is 9.83. The summed E-state index contributed by atoms with van der Waals surface area (Å²) in [7, 11) is 4.30. The summed E-state index contributed by atoms with van der Waals surface area (Å²) in [6.07, 6.45) is 3.71. The minimum absolute atomic E-state index is 0.816. The van der Waals surface area contributed by atoms with Crippen LogP contribution in [0.25, 0.3) is 0 Å². The largest absolute Gasteiger partial charge is 0.399 e. The van der Waals surface area contributed by atoms with Gasteiger partial charge in [-0.1, -0.05) is 6.07 Å². The molecule has 0 bridgehead atoms. The number of fused-ring (bicyclic) bond motifs is 1. The topological polar surface area (TPSA) is 29.3 Å². The van der Waals surface area contributed by atoms with Crippen molar-refractivity contribution < 1.29 is 0 Å². The predicted octanol–water partition coefficient (Wildman–Crippen LogP) is 1.94. The van der Waals surface area contributed by atoms with Crippen LogP contribution in [0.4, 0.5) is 5.69 Å². The molecule has 82 valence electrons. The van der Waals surface area contributed by atoms with Crippen LogP contribution in [0, 0.1) is 5.92 Å².